The molecule has 3 N–H and O–H groups in total. The molecule has 1 heterocycles. The van der Waals surface area contributed by atoms with Crippen LogP contribution in [-0.2, 0) is 4.79 Å². The van der Waals surface area contributed by atoms with Crippen LogP contribution < -0.4 is 16.2 Å². The van der Waals surface area contributed by atoms with Gasteiger partial charge in [0, 0.05) is 11.6 Å². The van der Waals surface area contributed by atoms with Gasteiger partial charge in [0.2, 0.25) is 5.91 Å². The molecule has 1 fully saturated rings. The Morgan fingerprint density at radius 1 is 1.36 bits per heavy atom. The Morgan fingerprint density at radius 2 is 2.18 bits per heavy atom. The van der Waals surface area contributed by atoms with Crippen molar-refractivity contribution < 1.29 is 4.79 Å². The molecular weight excluding hydrogens is 274 g/mol. The van der Waals surface area contributed by atoms with Gasteiger partial charge >= 0.3 is 0 Å². The summed E-state index contributed by atoms with van der Waals surface area (Å²) in [6.07, 6.45) is 9.15. The van der Waals surface area contributed by atoms with Crippen molar-refractivity contribution in [2.75, 3.05) is 0 Å². The average molecular weight is 297 g/mol. The van der Waals surface area contributed by atoms with E-state index in [1.165, 1.54) is 0 Å². The molecule has 1 aliphatic heterocycles. The minimum atomic E-state index is -0.205. The third-order valence-electron chi connectivity index (χ3n) is 4.44. The van der Waals surface area contributed by atoms with Crippen molar-refractivity contribution in [3.63, 3.8) is 0 Å². The second-order valence-electron chi connectivity index (χ2n) is 5.86. The molecule has 116 valence electrons. The van der Waals surface area contributed by atoms with Crippen LogP contribution in [0.1, 0.15) is 37.8 Å². The average Bonchev–Trinajstić information content (AvgIpc) is 2.82. The van der Waals surface area contributed by atoms with E-state index in [0.717, 1.165) is 30.5 Å². The summed E-state index contributed by atoms with van der Waals surface area (Å²) < 4.78 is 0. The topological polar surface area (TPSA) is 53.2 Å². The summed E-state index contributed by atoms with van der Waals surface area (Å²) in [6.45, 7) is 2.10. The molecule has 2 aliphatic rings. The number of fused-ring (bicyclic) bond motifs is 1. The van der Waals surface area contributed by atoms with E-state index in [9.17, 15) is 4.79 Å². The van der Waals surface area contributed by atoms with Crippen LogP contribution >= 0.6 is 0 Å². The zero-order chi connectivity index (χ0) is 15.4. The maximum absolute atomic E-state index is 12.7. The van der Waals surface area contributed by atoms with Gasteiger partial charge in [0.25, 0.3) is 0 Å². The van der Waals surface area contributed by atoms with E-state index in [1.54, 1.807) is 0 Å². The summed E-state index contributed by atoms with van der Waals surface area (Å²) in [5.41, 5.74) is 8.57. The van der Waals surface area contributed by atoms with Gasteiger partial charge in [-0.15, -0.1) is 0 Å². The largest absolute Gasteiger partial charge is 0.348 e. The number of carbonyl (C=O) groups is 1. The van der Waals surface area contributed by atoms with E-state index >= 15 is 0 Å². The van der Waals surface area contributed by atoms with Crippen LogP contribution in [0.5, 0.6) is 0 Å². The van der Waals surface area contributed by atoms with Gasteiger partial charge in [-0.1, -0.05) is 49.4 Å². The first-order valence-electron chi connectivity index (χ1n) is 8.03. The number of allylic oxidation sites excluding steroid dienone is 3. The smallest absolute Gasteiger partial charge is 0.240 e. The van der Waals surface area contributed by atoms with Crippen molar-refractivity contribution in [3.8, 4) is 0 Å². The summed E-state index contributed by atoms with van der Waals surface area (Å²) in [5.74, 6) is 0.293. The van der Waals surface area contributed by atoms with Crippen molar-refractivity contribution >= 4 is 5.91 Å². The molecule has 0 spiro atoms. The lowest BCUT2D eigenvalue weighted by Gasteiger charge is -2.22. The molecule has 0 saturated carbocycles. The van der Waals surface area contributed by atoms with E-state index in [-0.39, 0.29) is 23.9 Å². The first-order valence-corrected chi connectivity index (χ1v) is 8.03. The zero-order valence-corrected chi connectivity index (χ0v) is 12.9. The van der Waals surface area contributed by atoms with Crippen LogP contribution in [0.2, 0.25) is 0 Å². The lowest BCUT2D eigenvalue weighted by molar-refractivity contribution is -0.124. The molecule has 3 atom stereocenters. The predicted molar refractivity (Wildman–Crippen MR) is 87.6 cm³/mol. The fraction of sp³-hybridized carbons (Fsp3) is 0.389. The quantitative estimate of drug-likeness (QED) is 0.800. The SMILES string of the molecule is CC[C@@H](NC(=O)C1NNC2=CC=CCCC21)c1ccccc1. The van der Waals surface area contributed by atoms with Crippen LogP contribution in [0, 0.1) is 5.92 Å². The third kappa shape index (κ3) is 3.07. The second-order valence-corrected chi connectivity index (χ2v) is 5.86. The van der Waals surface area contributed by atoms with Crippen LogP contribution in [0.3, 0.4) is 0 Å². The van der Waals surface area contributed by atoms with Crippen molar-refractivity contribution in [3.05, 3.63) is 59.8 Å². The van der Waals surface area contributed by atoms with Gasteiger partial charge in [-0.05, 0) is 30.9 Å². The van der Waals surface area contributed by atoms with Gasteiger partial charge < -0.3 is 10.7 Å². The maximum Gasteiger partial charge on any atom is 0.240 e. The minimum absolute atomic E-state index is 0.0624. The molecule has 4 nitrogen and oxygen atoms in total. The molecule has 3 rings (SSSR count). The van der Waals surface area contributed by atoms with Crippen molar-refractivity contribution in [1.82, 2.24) is 16.2 Å². The highest BCUT2D eigenvalue weighted by atomic mass is 16.2. The molecule has 4 heteroatoms. The summed E-state index contributed by atoms with van der Waals surface area (Å²) in [4.78, 5) is 12.7. The van der Waals surface area contributed by atoms with Crippen molar-refractivity contribution in [2.24, 2.45) is 5.92 Å². The number of rotatable bonds is 4. The highest BCUT2D eigenvalue weighted by molar-refractivity contribution is 5.83. The summed E-state index contributed by atoms with van der Waals surface area (Å²) in [6, 6.07) is 10.0. The van der Waals surface area contributed by atoms with Gasteiger partial charge in [0.05, 0.1) is 6.04 Å². The first-order chi connectivity index (χ1) is 10.8. The standard InChI is InChI=1S/C18H23N3O/c1-2-15(13-9-5-3-6-10-13)19-18(22)17-14-11-7-4-8-12-16(14)20-21-17/h3-6,8-10,12,14-15,17,20-21H,2,7,11H2,1H3,(H,19,22)/t14?,15-,17?/m1/s1. The Bertz CT molecular complexity index is 579. The number of hydrogen-bond donors (Lipinski definition) is 3. The molecule has 0 aromatic heterocycles. The molecule has 1 saturated heterocycles. The first kappa shape index (κ1) is 14.9. The van der Waals surface area contributed by atoms with Gasteiger partial charge in [-0.2, -0.15) is 0 Å². The van der Waals surface area contributed by atoms with Crippen LogP contribution in [0.4, 0.5) is 0 Å². The summed E-state index contributed by atoms with van der Waals surface area (Å²) in [5, 5.41) is 3.19. The lowest BCUT2D eigenvalue weighted by Crippen LogP contribution is -2.46. The Hall–Kier alpha value is -2.07. The Kier molecular flexibility index (Phi) is 4.59. The molecular formula is C18H23N3O. The number of amides is 1. The summed E-state index contributed by atoms with van der Waals surface area (Å²) in [7, 11) is 0. The van der Waals surface area contributed by atoms with E-state index in [1.807, 2.05) is 18.2 Å². The normalized spacial score (nSPS) is 24.7. The van der Waals surface area contributed by atoms with Gasteiger partial charge in [-0.25, -0.2) is 5.43 Å². The van der Waals surface area contributed by atoms with Crippen LogP contribution in [0.25, 0.3) is 0 Å². The second kappa shape index (κ2) is 6.79. The Labute approximate surface area is 131 Å². The monoisotopic (exact) mass is 297 g/mol. The van der Waals surface area contributed by atoms with E-state index in [4.69, 9.17) is 0 Å². The molecule has 1 aromatic rings. The zero-order valence-electron chi connectivity index (χ0n) is 12.9. The molecule has 0 bridgehead atoms. The predicted octanol–water partition coefficient (Wildman–Crippen LogP) is 2.58. The molecule has 0 radical (unpaired) electrons. The molecule has 1 aliphatic carbocycles. The Morgan fingerprint density at radius 3 is 2.95 bits per heavy atom. The molecule has 22 heavy (non-hydrogen) atoms. The van der Waals surface area contributed by atoms with Gasteiger partial charge in [-0.3, -0.25) is 4.79 Å². The third-order valence-corrected chi connectivity index (χ3v) is 4.44. The molecule has 1 aromatic carbocycles. The van der Waals surface area contributed by atoms with Crippen LogP contribution in [0.15, 0.2) is 54.3 Å². The van der Waals surface area contributed by atoms with Crippen molar-refractivity contribution in [1.29, 1.82) is 0 Å². The molecule has 1 amide bonds. The fourth-order valence-corrected chi connectivity index (χ4v) is 3.18. The Balaban J connectivity index is 1.69. The number of benzene rings is 1. The number of carbonyl (C=O) groups excluding carboxylic acids is 1. The maximum atomic E-state index is 12.7. The van der Waals surface area contributed by atoms with E-state index in [0.29, 0.717) is 0 Å². The highest BCUT2D eigenvalue weighted by Gasteiger charge is 2.36. The van der Waals surface area contributed by atoms with Crippen molar-refractivity contribution in [2.45, 2.75) is 38.3 Å². The summed E-state index contributed by atoms with van der Waals surface area (Å²) >= 11 is 0. The number of nitrogens with one attached hydrogen (secondary N) is 3. The number of hydrogen-bond acceptors (Lipinski definition) is 3. The van der Waals surface area contributed by atoms with Gasteiger partial charge in [0.1, 0.15) is 6.04 Å². The molecule has 2 unspecified atom stereocenters. The van der Waals surface area contributed by atoms with E-state index < -0.39 is 0 Å². The fourth-order valence-electron chi connectivity index (χ4n) is 3.18. The minimum Gasteiger partial charge on any atom is -0.348 e. The van der Waals surface area contributed by atoms with Crippen LogP contribution in [-0.4, -0.2) is 11.9 Å². The lowest BCUT2D eigenvalue weighted by atomic mass is 9.93. The number of hydrazine groups is 1. The van der Waals surface area contributed by atoms with Gasteiger partial charge in [0.15, 0.2) is 0 Å². The van der Waals surface area contributed by atoms with E-state index in [2.05, 4.69) is 53.5 Å². The highest BCUT2D eigenvalue weighted by Crippen LogP contribution is 2.27.